The fourth-order valence-electron chi connectivity index (χ4n) is 1.52. The molecular formula is C12H10ClFN2O. The highest BCUT2D eigenvalue weighted by molar-refractivity contribution is 6.30. The second-order valence-electron chi connectivity index (χ2n) is 3.57. The molecule has 0 fully saturated rings. The van der Waals surface area contributed by atoms with E-state index in [4.69, 9.17) is 11.6 Å². The monoisotopic (exact) mass is 252 g/mol. The largest absolute Gasteiger partial charge is 0.386 e. The van der Waals surface area contributed by atoms with E-state index in [9.17, 15) is 9.50 Å². The van der Waals surface area contributed by atoms with Crippen molar-refractivity contribution in [3.63, 3.8) is 0 Å². The van der Waals surface area contributed by atoms with Crippen molar-refractivity contribution in [2.75, 3.05) is 0 Å². The van der Waals surface area contributed by atoms with E-state index in [2.05, 4.69) is 9.97 Å². The normalized spacial score (nSPS) is 12.4. The van der Waals surface area contributed by atoms with Gasteiger partial charge in [-0.25, -0.2) is 14.4 Å². The Kier molecular flexibility index (Phi) is 3.66. The van der Waals surface area contributed by atoms with Gasteiger partial charge in [-0.1, -0.05) is 23.7 Å². The summed E-state index contributed by atoms with van der Waals surface area (Å²) < 4.78 is 13.6. The standard InChI is InChI=1S/C12H10ClFN2O/c13-9-3-1-2-8(12(9)14)6-11(17)10-4-5-15-7-16-10/h1-5,7,11,17H,6H2. The Balaban J connectivity index is 2.19. The fourth-order valence-corrected chi connectivity index (χ4v) is 1.71. The van der Waals surface area contributed by atoms with Crippen LogP contribution in [-0.4, -0.2) is 15.1 Å². The van der Waals surface area contributed by atoms with Crippen LogP contribution in [0.3, 0.4) is 0 Å². The highest BCUT2D eigenvalue weighted by atomic mass is 35.5. The first-order valence-corrected chi connectivity index (χ1v) is 5.43. The topological polar surface area (TPSA) is 46.0 Å². The third kappa shape index (κ3) is 2.78. The predicted molar refractivity (Wildman–Crippen MR) is 62.1 cm³/mol. The SMILES string of the molecule is OC(Cc1cccc(Cl)c1F)c1ccncn1. The molecule has 5 heteroatoms. The molecule has 0 radical (unpaired) electrons. The zero-order valence-corrected chi connectivity index (χ0v) is 9.60. The third-order valence-electron chi connectivity index (χ3n) is 2.39. The van der Waals surface area contributed by atoms with E-state index >= 15 is 0 Å². The van der Waals surface area contributed by atoms with Gasteiger partial charge in [0.15, 0.2) is 0 Å². The maximum absolute atomic E-state index is 13.6. The molecule has 2 aromatic rings. The molecule has 0 bridgehead atoms. The molecule has 0 aliphatic carbocycles. The lowest BCUT2D eigenvalue weighted by molar-refractivity contribution is 0.172. The van der Waals surface area contributed by atoms with Crippen molar-refractivity contribution >= 4 is 11.6 Å². The lowest BCUT2D eigenvalue weighted by Crippen LogP contribution is -2.05. The summed E-state index contributed by atoms with van der Waals surface area (Å²) in [6.45, 7) is 0. The van der Waals surface area contributed by atoms with Gasteiger partial charge in [-0.05, 0) is 17.7 Å². The van der Waals surface area contributed by atoms with Crippen LogP contribution in [0.15, 0.2) is 36.8 Å². The highest BCUT2D eigenvalue weighted by Crippen LogP contribution is 2.22. The molecule has 17 heavy (non-hydrogen) atoms. The van der Waals surface area contributed by atoms with Gasteiger partial charge < -0.3 is 5.11 Å². The van der Waals surface area contributed by atoms with E-state index in [-0.39, 0.29) is 11.4 Å². The zero-order valence-electron chi connectivity index (χ0n) is 8.85. The number of nitrogens with zero attached hydrogens (tertiary/aromatic N) is 2. The molecule has 1 N–H and O–H groups in total. The zero-order chi connectivity index (χ0) is 12.3. The summed E-state index contributed by atoms with van der Waals surface area (Å²) in [5, 5.41) is 9.94. The van der Waals surface area contributed by atoms with Crippen molar-refractivity contribution in [1.82, 2.24) is 9.97 Å². The lowest BCUT2D eigenvalue weighted by atomic mass is 10.1. The first-order valence-electron chi connectivity index (χ1n) is 5.05. The quantitative estimate of drug-likeness (QED) is 0.913. The van der Waals surface area contributed by atoms with Crippen LogP contribution in [0.5, 0.6) is 0 Å². The number of aromatic nitrogens is 2. The number of benzene rings is 1. The van der Waals surface area contributed by atoms with Crippen LogP contribution in [0.1, 0.15) is 17.4 Å². The predicted octanol–water partition coefficient (Wildman–Crippen LogP) is 2.55. The molecule has 88 valence electrons. The molecule has 0 aliphatic rings. The number of aliphatic hydroxyl groups excluding tert-OH is 1. The van der Waals surface area contributed by atoms with Gasteiger partial charge in [0.1, 0.15) is 18.2 Å². The van der Waals surface area contributed by atoms with Crippen LogP contribution in [0.25, 0.3) is 0 Å². The number of hydrogen-bond acceptors (Lipinski definition) is 3. The number of hydrogen-bond donors (Lipinski definition) is 1. The van der Waals surface area contributed by atoms with Gasteiger partial charge in [-0.2, -0.15) is 0 Å². The molecule has 1 aromatic carbocycles. The molecule has 0 aliphatic heterocycles. The van der Waals surface area contributed by atoms with Gasteiger partial charge in [0.05, 0.1) is 10.7 Å². The molecule has 2 rings (SSSR count). The van der Waals surface area contributed by atoms with Crippen molar-refractivity contribution in [3.8, 4) is 0 Å². The van der Waals surface area contributed by atoms with E-state index < -0.39 is 11.9 Å². The van der Waals surface area contributed by atoms with E-state index in [1.54, 1.807) is 18.2 Å². The van der Waals surface area contributed by atoms with E-state index in [1.165, 1.54) is 18.6 Å². The maximum Gasteiger partial charge on any atom is 0.145 e. The summed E-state index contributed by atoms with van der Waals surface area (Å²) in [6.07, 6.45) is 2.13. The average Bonchev–Trinajstić information content (AvgIpc) is 2.36. The second-order valence-corrected chi connectivity index (χ2v) is 3.97. The van der Waals surface area contributed by atoms with Crippen molar-refractivity contribution in [3.05, 3.63) is 58.9 Å². The first kappa shape index (κ1) is 12.0. The molecule has 1 aromatic heterocycles. The number of halogens is 2. The maximum atomic E-state index is 13.6. The second kappa shape index (κ2) is 5.21. The molecule has 1 heterocycles. The van der Waals surface area contributed by atoms with Crippen LogP contribution in [-0.2, 0) is 6.42 Å². The minimum Gasteiger partial charge on any atom is -0.386 e. The van der Waals surface area contributed by atoms with Crippen molar-refractivity contribution in [1.29, 1.82) is 0 Å². The van der Waals surface area contributed by atoms with Gasteiger partial charge in [-0.3, -0.25) is 0 Å². The van der Waals surface area contributed by atoms with E-state index in [1.807, 2.05) is 0 Å². The molecule has 3 nitrogen and oxygen atoms in total. The fraction of sp³-hybridized carbons (Fsp3) is 0.167. The Labute approximate surface area is 103 Å². The number of aliphatic hydroxyl groups is 1. The summed E-state index contributed by atoms with van der Waals surface area (Å²) in [4.78, 5) is 7.66. The molecular weight excluding hydrogens is 243 g/mol. The Hall–Kier alpha value is -1.52. The average molecular weight is 253 g/mol. The summed E-state index contributed by atoms with van der Waals surface area (Å²) in [5.74, 6) is -0.498. The summed E-state index contributed by atoms with van der Waals surface area (Å²) >= 11 is 5.66. The molecule has 0 spiro atoms. The Bertz CT molecular complexity index is 507. The van der Waals surface area contributed by atoms with Crippen LogP contribution < -0.4 is 0 Å². The van der Waals surface area contributed by atoms with Crippen LogP contribution in [0.2, 0.25) is 5.02 Å². The minimum atomic E-state index is -0.869. The van der Waals surface area contributed by atoms with E-state index in [0.717, 1.165) is 0 Å². The summed E-state index contributed by atoms with van der Waals surface area (Å²) in [5.41, 5.74) is 0.822. The smallest absolute Gasteiger partial charge is 0.145 e. The van der Waals surface area contributed by atoms with E-state index in [0.29, 0.717) is 11.3 Å². The van der Waals surface area contributed by atoms with Crippen LogP contribution in [0.4, 0.5) is 4.39 Å². The van der Waals surface area contributed by atoms with Gasteiger partial charge >= 0.3 is 0 Å². The molecule has 0 saturated heterocycles. The lowest BCUT2D eigenvalue weighted by Gasteiger charge is -2.10. The Morgan fingerprint density at radius 3 is 2.88 bits per heavy atom. The summed E-state index contributed by atoms with van der Waals surface area (Å²) in [7, 11) is 0. The Morgan fingerprint density at radius 2 is 2.18 bits per heavy atom. The first-order chi connectivity index (χ1) is 8.18. The van der Waals surface area contributed by atoms with Crippen LogP contribution >= 0.6 is 11.6 Å². The van der Waals surface area contributed by atoms with Crippen molar-refractivity contribution < 1.29 is 9.50 Å². The van der Waals surface area contributed by atoms with Gasteiger partial charge in [0, 0.05) is 12.6 Å². The van der Waals surface area contributed by atoms with Gasteiger partial charge in [0.25, 0.3) is 0 Å². The van der Waals surface area contributed by atoms with Crippen molar-refractivity contribution in [2.24, 2.45) is 0 Å². The number of rotatable bonds is 3. The van der Waals surface area contributed by atoms with Crippen molar-refractivity contribution in [2.45, 2.75) is 12.5 Å². The molecule has 1 atom stereocenters. The van der Waals surface area contributed by atoms with Gasteiger partial charge in [-0.15, -0.1) is 0 Å². The summed E-state index contributed by atoms with van der Waals surface area (Å²) in [6, 6.07) is 6.30. The molecule has 1 unspecified atom stereocenters. The molecule has 0 saturated carbocycles. The van der Waals surface area contributed by atoms with Gasteiger partial charge in [0.2, 0.25) is 0 Å². The highest BCUT2D eigenvalue weighted by Gasteiger charge is 2.14. The van der Waals surface area contributed by atoms with Crippen LogP contribution in [0, 0.1) is 5.82 Å². The molecule has 0 amide bonds. The Morgan fingerprint density at radius 1 is 1.35 bits per heavy atom. The minimum absolute atomic E-state index is 0.0531. The third-order valence-corrected chi connectivity index (χ3v) is 2.68.